The van der Waals surface area contributed by atoms with Gasteiger partial charge in [0.25, 0.3) is 5.91 Å². The summed E-state index contributed by atoms with van der Waals surface area (Å²) < 4.78 is 5.44. The highest BCUT2D eigenvalue weighted by Crippen LogP contribution is 2.29. The van der Waals surface area contributed by atoms with Gasteiger partial charge < -0.3 is 20.3 Å². The first-order valence-electron chi connectivity index (χ1n) is 11.7. The van der Waals surface area contributed by atoms with Crippen LogP contribution in [0, 0.1) is 12.8 Å². The Hall–Kier alpha value is -4.13. The maximum absolute atomic E-state index is 13.0. The monoisotopic (exact) mass is 471 g/mol. The Morgan fingerprint density at radius 2 is 1.71 bits per heavy atom. The molecule has 0 unspecified atom stereocenters. The van der Waals surface area contributed by atoms with Crippen molar-refractivity contribution in [3.05, 3.63) is 89.5 Å². The fourth-order valence-corrected chi connectivity index (χ4v) is 4.15. The smallest absolute Gasteiger partial charge is 0.253 e. The molecule has 1 heterocycles. The van der Waals surface area contributed by atoms with E-state index in [1.165, 1.54) is 0 Å². The number of ether oxygens (including phenoxy) is 1. The Kier molecular flexibility index (Phi) is 7.45. The van der Waals surface area contributed by atoms with Gasteiger partial charge in [0.05, 0.1) is 23.8 Å². The van der Waals surface area contributed by atoms with Gasteiger partial charge in [-0.15, -0.1) is 0 Å². The fraction of sp³-hybridized carbons (Fsp3) is 0.250. The number of anilines is 2. The van der Waals surface area contributed by atoms with Gasteiger partial charge >= 0.3 is 0 Å². The second-order valence-corrected chi connectivity index (χ2v) is 8.49. The van der Waals surface area contributed by atoms with E-state index in [0.29, 0.717) is 30.9 Å². The average Bonchev–Trinajstić information content (AvgIpc) is 3.25. The Bertz CT molecular complexity index is 1220. The van der Waals surface area contributed by atoms with Gasteiger partial charge in [-0.2, -0.15) is 0 Å². The van der Waals surface area contributed by atoms with Gasteiger partial charge in [-0.3, -0.25) is 14.4 Å². The molecule has 0 saturated carbocycles. The standard InChI is InChI=1S/C28H29N3O4/c1-3-35-22-14-12-20(13-15-22)17-29-28(34)23-9-5-6-10-24(23)30-27(33)21-16-26(32)31(18-21)25-11-7-4-8-19(25)2/h4-15,21H,3,16-18H2,1-2H3,(H,29,34)(H,30,33)/t21-/m1/s1. The van der Waals surface area contributed by atoms with Crippen LogP contribution in [0.5, 0.6) is 5.75 Å². The highest BCUT2D eigenvalue weighted by atomic mass is 16.5. The van der Waals surface area contributed by atoms with Crippen LogP contribution >= 0.6 is 0 Å². The quantitative estimate of drug-likeness (QED) is 0.512. The number of amides is 3. The topological polar surface area (TPSA) is 87.7 Å². The molecule has 2 N–H and O–H groups in total. The minimum atomic E-state index is -0.498. The van der Waals surface area contributed by atoms with E-state index in [0.717, 1.165) is 22.6 Å². The van der Waals surface area contributed by atoms with Gasteiger partial charge in [-0.05, 0) is 55.3 Å². The van der Waals surface area contributed by atoms with Gasteiger partial charge in [0.15, 0.2) is 0 Å². The van der Waals surface area contributed by atoms with Crippen molar-refractivity contribution < 1.29 is 19.1 Å². The molecule has 1 saturated heterocycles. The molecule has 0 radical (unpaired) electrons. The maximum Gasteiger partial charge on any atom is 0.253 e. The normalized spacial score (nSPS) is 15.1. The van der Waals surface area contributed by atoms with Gasteiger partial charge in [-0.25, -0.2) is 0 Å². The molecule has 7 nitrogen and oxygen atoms in total. The second-order valence-electron chi connectivity index (χ2n) is 8.49. The molecular formula is C28H29N3O4. The lowest BCUT2D eigenvalue weighted by Gasteiger charge is -2.19. The Morgan fingerprint density at radius 3 is 2.46 bits per heavy atom. The molecule has 4 rings (SSSR count). The summed E-state index contributed by atoms with van der Waals surface area (Å²) in [5, 5.41) is 5.76. The number of nitrogens with one attached hydrogen (secondary N) is 2. The van der Waals surface area contributed by atoms with Crippen LogP contribution < -0.4 is 20.3 Å². The number of hydrogen-bond acceptors (Lipinski definition) is 4. The van der Waals surface area contributed by atoms with Gasteiger partial charge in [-0.1, -0.05) is 42.5 Å². The molecule has 1 aliphatic rings. The van der Waals surface area contributed by atoms with Crippen LogP contribution in [0.25, 0.3) is 0 Å². The molecule has 0 bridgehead atoms. The van der Waals surface area contributed by atoms with Crippen LogP contribution in [0.1, 0.15) is 34.8 Å². The minimum Gasteiger partial charge on any atom is -0.494 e. The molecule has 0 aromatic heterocycles. The Balaban J connectivity index is 1.40. The number of nitrogens with zero attached hydrogens (tertiary/aromatic N) is 1. The third kappa shape index (κ3) is 5.69. The lowest BCUT2D eigenvalue weighted by molar-refractivity contribution is -0.122. The number of benzene rings is 3. The number of aryl methyl sites for hydroxylation is 1. The number of para-hydroxylation sites is 2. The minimum absolute atomic E-state index is 0.0826. The average molecular weight is 472 g/mol. The molecule has 7 heteroatoms. The maximum atomic E-state index is 13.0. The van der Waals surface area contributed by atoms with Crippen molar-refractivity contribution in [3.8, 4) is 5.75 Å². The summed E-state index contributed by atoms with van der Waals surface area (Å²) in [6.07, 6.45) is 0.131. The number of hydrogen-bond donors (Lipinski definition) is 2. The van der Waals surface area contributed by atoms with Gasteiger partial charge in [0, 0.05) is 25.2 Å². The van der Waals surface area contributed by atoms with E-state index in [1.54, 1.807) is 29.2 Å². The molecule has 0 aliphatic carbocycles. The summed E-state index contributed by atoms with van der Waals surface area (Å²) in [4.78, 5) is 40.2. The highest BCUT2D eigenvalue weighted by molar-refractivity contribution is 6.07. The van der Waals surface area contributed by atoms with E-state index in [1.807, 2.05) is 62.4 Å². The molecule has 1 fully saturated rings. The zero-order valence-electron chi connectivity index (χ0n) is 19.9. The molecule has 1 atom stereocenters. The first kappa shape index (κ1) is 24.0. The van der Waals surface area contributed by atoms with Crippen molar-refractivity contribution in [2.45, 2.75) is 26.8 Å². The zero-order chi connectivity index (χ0) is 24.8. The third-order valence-corrected chi connectivity index (χ3v) is 6.02. The predicted octanol–water partition coefficient (Wildman–Crippen LogP) is 4.32. The van der Waals surface area contributed by atoms with Crippen LogP contribution in [0.3, 0.4) is 0 Å². The predicted molar refractivity (Wildman–Crippen MR) is 135 cm³/mol. The number of rotatable bonds is 8. The first-order valence-corrected chi connectivity index (χ1v) is 11.7. The highest BCUT2D eigenvalue weighted by Gasteiger charge is 2.36. The van der Waals surface area contributed by atoms with Crippen LogP contribution in [0.15, 0.2) is 72.8 Å². The van der Waals surface area contributed by atoms with E-state index in [2.05, 4.69) is 10.6 Å². The summed E-state index contributed by atoms with van der Waals surface area (Å²) in [7, 11) is 0. The van der Waals surface area contributed by atoms with Crippen molar-refractivity contribution in [2.24, 2.45) is 5.92 Å². The van der Waals surface area contributed by atoms with E-state index in [4.69, 9.17) is 4.74 Å². The lowest BCUT2D eigenvalue weighted by Crippen LogP contribution is -2.29. The van der Waals surface area contributed by atoms with Crippen molar-refractivity contribution in [2.75, 3.05) is 23.4 Å². The molecular weight excluding hydrogens is 442 g/mol. The fourth-order valence-electron chi connectivity index (χ4n) is 4.15. The molecule has 180 valence electrons. The van der Waals surface area contributed by atoms with Crippen molar-refractivity contribution in [3.63, 3.8) is 0 Å². The molecule has 35 heavy (non-hydrogen) atoms. The lowest BCUT2D eigenvalue weighted by atomic mass is 10.1. The summed E-state index contributed by atoms with van der Waals surface area (Å²) in [6.45, 7) is 5.11. The molecule has 3 amide bonds. The zero-order valence-corrected chi connectivity index (χ0v) is 19.9. The van der Waals surface area contributed by atoms with Crippen LogP contribution in [-0.4, -0.2) is 30.9 Å². The van der Waals surface area contributed by atoms with E-state index >= 15 is 0 Å². The Labute approximate surface area is 205 Å². The van der Waals surface area contributed by atoms with Crippen LogP contribution in [-0.2, 0) is 16.1 Å². The van der Waals surface area contributed by atoms with Crippen molar-refractivity contribution >= 4 is 29.1 Å². The number of carbonyl (C=O) groups excluding carboxylic acids is 3. The van der Waals surface area contributed by atoms with Gasteiger partial charge in [0.2, 0.25) is 11.8 Å². The molecule has 0 spiro atoms. The summed E-state index contributed by atoms with van der Waals surface area (Å²) in [5.74, 6) is -0.370. The summed E-state index contributed by atoms with van der Waals surface area (Å²) in [5.41, 5.74) is 3.53. The Morgan fingerprint density at radius 1 is 1.00 bits per heavy atom. The summed E-state index contributed by atoms with van der Waals surface area (Å²) >= 11 is 0. The molecule has 3 aromatic carbocycles. The van der Waals surface area contributed by atoms with E-state index < -0.39 is 5.92 Å². The van der Waals surface area contributed by atoms with E-state index in [9.17, 15) is 14.4 Å². The van der Waals surface area contributed by atoms with Gasteiger partial charge in [0.1, 0.15) is 5.75 Å². The second kappa shape index (κ2) is 10.9. The largest absolute Gasteiger partial charge is 0.494 e. The van der Waals surface area contributed by atoms with Crippen molar-refractivity contribution in [1.82, 2.24) is 5.32 Å². The molecule has 1 aliphatic heterocycles. The SMILES string of the molecule is CCOc1ccc(CNC(=O)c2ccccc2NC(=O)[C@@H]2CC(=O)N(c3ccccc3C)C2)cc1. The van der Waals surface area contributed by atoms with Crippen molar-refractivity contribution in [1.29, 1.82) is 0 Å². The number of carbonyl (C=O) groups is 3. The molecule has 3 aromatic rings. The van der Waals surface area contributed by atoms with E-state index in [-0.39, 0.29) is 24.1 Å². The first-order chi connectivity index (χ1) is 17.0. The van der Waals surface area contributed by atoms with Crippen LogP contribution in [0.4, 0.5) is 11.4 Å². The third-order valence-electron chi connectivity index (χ3n) is 6.02. The van der Waals surface area contributed by atoms with Crippen LogP contribution in [0.2, 0.25) is 0 Å². The summed E-state index contributed by atoms with van der Waals surface area (Å²) in [6, 6.07) is 22.0.